The van der Waals surface area contributed by atoms with E-state index >= 15 is 0 Å². The van der Waals surface area contributed by atoms with Crippen molar-refractivity contribution >= 4 is 0 Å². The Kier molecular flexibility index (Phi) is 1.53. The third-order valence-electron chi connectivity index (χ3n) is 1.95. The van der Waals surface area contributed by atoms with Crippen molar-refractivity contribution in [1.29, 1.82) is 0 Å². The maximum Gasteiger partial charge on any atom is 0.0744 e. The zero-order valence-electron chi connectivity index (χ0n) is 6.09. The standard InChI is InChI=1S/C7H15NO/c1-7(2,9)6(8)5-3-4-5/h5-6,9H,3-4,8H2,1-2H3/t6-/m1/s1. The molecule has 1 fully saturated rings. The molecule has 0 bridgehead atoms. The summed E-state index contributed by atoms with van der Waals surface area (Å²) >= 11 is 0. The quantitative estimate of drug-likeness (QED) is 0.570. The van der Waals surface area contributed by atoms with Gasteiger partial charge in [0.25, 0.3) is 0 Å². The van der Waals surface area contributed by atoms with Crippen LogP contribution in [0, 0.1) is 5.92 Å². The number of rotatable bonds is 2. The topological polar surface area (TPSA) is 46.2 Å². The SMILES string of the molecule is CC(C)(O)[C@H](N)C1CC1. The van der Waals surface area contributed by atoms with E-state index in [9.17, 15) is 5.11 Å². The second-order valence-corrected chi connectivity index (χ2v) is 3.52. The summed E-state index contributed by atoms with van der Waals surface area (Å²) in [6, 6.07) is -0.0162. The fraction of sp³-hybridized carbons (Fsp3) is 1.00. The maximum atomic E-state index is 9.37. The van der Waals surface area contributed by atoms with Gasteiger partial charge in [0.1, 0.15) is 0 Å². The average molecular weight is 129 g/mol. The van der Waals surface area contributed by atoms with Crippen LogP contribution in [0.5, 0.6) is 0 Å². The second-order valence-electron chi connectivity index (χ2n) is 3.52. The smallest absolute Gasteiger partial charge is 0.0744 e. The number of nitrogens with two attached hydrogens (primary N) is 1. The van der Waals surface area contributed by atoms with Gasteiger partial charge in [-0.2, -0.15) is 0 Å². The number of hydrogen-bond donors (Lipinski definition) is 2. The van der Waals surface area contributed by atoms with Crippen LogP contribution < -0.4 is 5.73 Å². The highest BCUT2D eigenvalue weighted by Crippen LogP contribution is 2.35. The lowest BCUT2D eigenvalue weighted by atomic mass is 9.96. The Hall–Kier alpha value is -0.0800. The number of aliphatic hydroxyl groups is 1. The minimum atomic E-state index is -0.679. The Morgan fingerprint density at radius 3 is 2.11 bits per heavy atom. The first kappa shape index (κ1) is 7.03. The van der Waals surface area contributed by atoms with E-state index in [0.29, 0.717) is 5.92 Å². The van der Waals surface area contributed by atoms with Crippen LogP contribution in [0.4, 0.5) is 0 Å². The van der Waals surface area contributed by atoms with Gasteiger partial charge in [-0.15, -0.1) is 0 Å². The molecule has 1 rings (SSSR count). The largest absolute Gasteiger partial charge is 0.389 e. The summed E-state index contributed by atoms with van der Waals surface area (Å²) in [5.74, 6) is 0.588. The summed E-state index contributed by atoms with van der Waals surface area (Å²) in [7, 11) is 0. The fourth-order valence-electron chi connectivity index (χ4n) is 1.03. The average Bonchev–Trinajstić information content (AvgIpc) is 2.40. The molecule has 1 saturated carbocycles. The van der Waals surface area contributed by atoms with Gasteiger partial charge in [0.05, 0.1) is 5.60 Å². The zero-order chi connectivity index (χ0) is 7.07. The van der Waals surface area contributed by atoms with Gasteiger partial charge in [-0.3, -0.25) is 0 Å². The lowest BCUT2D eigenvalue weighted by Gasteiger charge is -2.25. The lowest BCUT2D eigenvalue weighted by Crippen LogP contribution is -2.44. The molecule has 0 aromatic carbocycles. The highest BCUT2D eigenvalue weighted by atomic mass is 16.3. The minimum Gasteiger partial charge on any atom is -0.389 e. The van der Waals surface area contributed by atoms with Crippen LogP contribution in [-0.2, 0) is 0 Å². The van der Waals surface area contributed by atoms with E-state index in [-0.39, 0.29) is 6.04 Å². The van der Waals surface area contributed by atoms with Crippen molar-refractivity contribution in [1.82, 2.24) is 0 Å². The Balaban J connectivity index is 2.40. The van der Waals surface area contributed by atoms with Crippen molar-refractivity contribution in [2.75, 3.05) is 0 Å². The summed E-state index contributed by atoms with van der Waals surface area (Å²) in [5.41, 5.74) is 5.03. The molecule has 0 aliphatic heterocycles. The van der Waals surface area contributed by atoms with Gasteiger partial charge in [-0.1, -0.05) is 0 Å². The molecule has 0 radical (unpaired) electrons. The molecule has 54 valence electrons. The van der Waals surface area contributed by atoms with E-state index in [2.05, 4.69) is 0 Å². The van der Waals surface area contributed by atoms with Crippen molar-refractivity contribution in [3.05, 3.63) is 0 Å². The first-order chi connectivity index (χ1) is 4.02. The summed E-state index contributed by atoms with van der Waals surface area (Å²) in [5, 5.41) is 9.37. The molecule has 0 saturated heterocycles. The molecule has 1 atom stereocenters. The van der Waals surface area contributed by atoms with Crippen LogP contribution in [-0.4, -0.2) is 16.7 Å². The van der Waals surface area contributed by atoms with Crippen molar-refractivity contribution in [2.24, 2.45) is 11.7 Å². The molecule has 9 heavy (non-hydrogen) atoms. The normalized spacial score (nSPS) is 24.0. The molecule has 0 amide bonds. The van der Waals surface area contributed by atoms with E-state index in [1.807, 2.05) is 0 Å². The Bertz CT molecular complexity index is 102. The summed E-state index contributed by atoms with van der Waals surface area (Å²) < 4.78 is 0. The molecular weight excluding hydrogens is 114 g/mol. The molecule has 1 aliphatic rings. The highest BCUT2D eigenvalue weighted by Gasteiger charge is 2.37. The van der Waals surface area contributed by atoms with Gasteiger partial charge in [0.15, 0.2) is 0 Å². The van der Waals surface area contributed by atoms with Crippen molar-refractivity contribution < 1.29 is 5.11 Å². The Morgan fingerprint density at radius 1 is 1.56 bits per heavy atom. The van der Waals surface area contributed by atoms with E-state index in [4.69, 9.17) is 5.73 Å². The third-order valence-corrected chi connectivity index (χ3v) is 1.95. The molecule has 0 aromatic heterocycles. The fourth-order valence-corrected chi connectivity index (χ4v) is 1.03. The van der Waals surface area contributed by atoms with Crippen LogP contribution in [0.25, 0.3) is 0 Å². The van der Waals surface area contributed by atoms with E-state index < -0.39 is 5.60 Å². The van der Waals surface area contributed by atoms with Crippen molar-refractivity contribution in [2.45, 2.75) is 38.3 Å². The molecule has 0 unspecified atom stereocenters. The van der Waals surface area contributed by atoms with Crippen molar-refractivity contribution in [3.63, 3.8) is 0 Å². The zero-order valence-corrected chi connectivity index (χ0v) is 6.09. The highest BCUT2D eigenvalue weighted by molar-refractivity contribution is 4.93. The molecule has 0 spiro atoms. The second kappa shape index (κ2) is 1.96. The van der Waals surface area contributed by atoms with Crippen LogP contribution >= 0.6 is 0 Å². The van der Waals surface area contributed by atoms with E-state index in [1.54, 1.807) is 13.8 Å². The Morgan fingerprint density at radius 2 is 2.00 bits per heavy atom. The molecule has 3 N–H and O–H groups in total. The molecule has 2 nitrogen and oxygen atoms in total. The van der Waals surface area contributed by atoms with Gasteiger partial charge in [-0.05, 0) is 32.6 Å². The van der Waals surface area contributed by atoms with Gasteiger partial charge in [0.2, 0.25) is 0 Å². The van der Waals surface area contributed by atoms with Crippen LogP contribution in [0.2, 0.25) is 0 Å². The molecular formula is C7H15NO. The van der Waals surface area contributed by atoms with Gasteiger partial charge in [-0.25, -0.2) is 0 Å². The minimum absolute atomic E-state index is 0.0162. The predicted octanol–water partition coefficient (Wildman–Crippen LogP) is 0.495. The first-order valence-electron chi connectivity index (χ1n) is 3.50. The molecule has 0 aromatic rings. The van der Waals surface area contributed by atoms with E-state index in [1.165, 1.54) is 12.8 Å². The van der Waals surface area contributed by atoms with Gasteiger partial charge < -0.3 is 10.8 Å². The predicted molar refractivity (Wildman–Crippen MR) is 37.0 cm³/mol. The van der Waals surface area contributed by atoms with E-state index in [0.717, 1.165) is 0 Å². The molecule has 0 heterocycles. The van der Waals surface area contributed by atoms with Crippen LogP contribution in [0.1, 0.15) is 26.7 Å². The first-order valence-corrected chi connectivity index (χ1v) is 3.50. The Labute approximate surface area is 56.1 Å². The molecule has 2 heteroatoms. The lowest BCUT2D eigenvalue weighted by molar-refractivity contribution is 0.0445. The van der Waals surface area contributed by atoms with Crippen molar-refractivity contribution in [3.8, 4) is 0 Å². The van der Waals surface area contributed by atoms with Crippen LogP contribution in [0.15, 0.2) is 0 Å². The van der Waals surface area contributed by atoms with Gasteiger partial charge in [0, 0.05) is 6.04 Å². The summed E-state index contributed by atoms with van der Waals surface area (Å²) in [6.07, 6.45) is 2.40. The monoisotopic (exact) mass is 129 g/mol. The third kappa shape index (κ3) is 1.66. The van der Waals surface area contributed by atoms with Crippen LogP contribution in [0.3, 0.4) is 0 Å². The van der Waals surface area contributed by atoms with Gasteiger partial charge >= 0.3 is 0 Å². The summed E-state index contributed by atoms with van der Waals surface area (Å²) in [4.78, 5) is 0. The maximum absolute atomic E-state index is 9.37. The molecule has 1 aliphatic carbocycles. The number of hydrogen-bond acceptors (Lipinski definition) is 2. The summed E-state index contributed by atoms with van der Waals surface area (Å²) in [6.45, 7) is 3.55.